The van der Waals surface area contributed by atoms with Gasteiger partial charge in [0.2, 0.25) is 5.91 Å². The molecule has 2 aliphatic rings. The van der Waals surface area contributed by atoms with Crippen LogP contribution < -0.4 is 0 Å². The lowest BCUT2D eigenvalue weighted by molar-refractivity contribution is -0.145. The first-order valence-corrected chi connectivity index (χ1v) is 13.5. The van der Waals surface area contributed by atoms with Crippen molar-refractivity contribution in [1.82, 2.24) is 34.4 Å². The van der Waals surface area contributed by atoms with Crippen LogP contribution in [0.3, 0.4) is 0 Å². The average molecular weight is 528 g/mol. The molecule has 4 aromatic rings. The Hall–Kier alpha value is -3.89. The summed E-state index contributed by atoms with van der Waals surface area (Å²) in [4.78, 5) is 24.2. The summed E-state index contributed by atoms with van der Waals surface area (Å²) in [5.41, 5.74) is 4.98. The van der Waals surface area contributed by atoms with Gasteiger partial charge < -0.3 is 14.7 Å². The summed E-state index contributed by atoms with van der Waals surface area (Å²) in [6, 6.07) is 8.43. The molecule has 1 unspecified atom stereocenters. The highest BCUT2D eigenvalue weighted by molar-refractivity contribution is 5.79. The second-order valence-electron chi connectivity index (χ2n) is 10.5. The van der Waals surface area contributed by atoms with Gasteiger partial charge in [0.15, 0.2) is 5.82 Å². The number of ether oxygens (including phenoxy) is 1. The van der Waals surface area contributed by atoms with Crippen molar-refractivity contribution in [1.29, 1.82) is 0 Å². The first kappa shape index (κ1) is 25.4. The van der Waals surface area contributed by atoms with Gasteiger partial charge in [0.25, 0.3) is 0 Å². The van der Waals surface area contributed by atoms with Gasteiger partial charge in [-0.1, -0.05) is 18.2 Å². The number of aromatic nitrogens is 6. The molecule has 6 rings (SSSR count). The van der Waals surface area contributed by atoms with E-state index in [2.05, 4.69) is 38.5 Å². The molecule has 1 N–H and O–H groups in total. The highest BCUT2D eigenvalue weighted by Gasteiger charge is 2.32. The molecule has 1 saturated heterocycles. The van der Waals surface area contributed by atoms with E-state index >= 15 is 0 Å². The Morgan fingerprint density at radius 2 is 1.69 bits per heavy atom. The molecule has 10 nitrogen and oxygen atoms in total. The standard InChI is InChI=1S/C29H33N7O3/c1-34-16-24(14-32-34)21-3-2-4-22(11-21)28-30-12-23(13-31-28)25-15-33-36(17-25)26-7-5-20(6-8-26)29(38)35-9-10-39-27(18-35)19-37/h2-4,11-17,20,26-27,37H,5-10,18-19H2,1H3. The normalized spacial score (nSPS) is 21.7. The van der Waals surface area contributed by atoms with Gasteiger partial charge in [0.1, 0.15) is 0 Å². The Balaban J connectivity index is 1.08. The number of hydrogen-bond donors (Lipinski definition) is 1. The molecule has 10 heteroatoms. The van der Waals surface area contributed by atoms with E-state index < -0.39 is 0 Å². The molecule has 1 amide bonds. The maximum absolute atomic E-state index is 13.0. The first-order chi connectivity index (χ1) is 19.1. The van der Waals surface area contributed by atoms with Crippen LogP contribution in [-0.2, 0) is 16.6 Å². The van der Waals surface area contributed by atoms with Crippen LogP contribution in [0.15, 0.2) is 61.4 Å². The van der Waals surface area contributed by atoms with Gasteiger partial charge in [-0.3, -0.25) is 14.2 Å². The van der Waals surface area contributed by atoms with Gasteiger partial charge in [-0.05, 0) is 37.3 Å². The molecular weight excluding hydrogens is 494 g/mol. The summed E-state index contributed by atoms with van der Waals surface area (Å²) >= 11 is 0. The van der Waals surface area contributed by atoms with Gasteiger partial charge in [-0.15, -0.1) is 0 Å². The van der Waals surface area contributed by atoms with Crippen LogP contribution in [0.5, 0.6) is 0 Å². The summed E-state index contributed by atoms with van der Waals surface area (Å²) < 4.78 is 9.31. The topological polar surface area (TPSA) is 111 Å². The zero-order valence-corrected chi connectivity index (χ0v) is 22.1. The molecular formula is C29H33N7O3. The fourth-order valence-electron chi connectivity index (χ4n) is 5.60. The van der Waals surface area contributed by atoms with Crippen LogP contribution in [-0.4, -0.2) is 77.8 Å². The summed E-state index contributed by atoms with van der Waals surface area (Å²) in [7, 11) is 1.91. The molecule has 1 aliphatic heterocycles. The number of amides is 1. The molecule has 3 aromatic heterocycles. The number of aliphatic hydroxyl groups is 1. The summed E-state index contributed by atoms with van der Waals surface area (Å²) in [6.07, 6.45) is 14.7. The maximum atomic E-state index is 13.0. The van der Waals surface area contributed by atoms with Crippen molar-refractivity contribution in [2.24, 2.45) is 13.0 Å². The van der Waals surface area contributed by atoms with E-state index in [-0.39, 0.29) is 30.6 Å². The Labute approximate surface area is 227 Å². The molecule has 202 valence electrons. The Bertz CT molecular complexity index is 1420. The van der Waals surface area contributed by atoms with Gasteiger partial charge in [0, 0.05) is 73.1 Å². The number of rotatable bonds is 6. The van der Waals surface area contributed by atoms with E-state index in [9.17, 15) is 9.90 Å². The van der Waals surface area contributed by atoms with Crippen LogP contribution in [0.2, 0.25) is 0 Å². The fourth-order valence-corrected chi connectivity index (χ4v) is 5.60. The van der Waals surface area contributed by atoms with E-state index in [0.29, 0.717) is 25.5 Å². The predicted octanol–water partition coefficient (Wildman–Crippen LogP) is 3.36. The molecule has 1 atom stereocenters. The van der Waals surface area contributed by atoms with Crippen LogP contribution in [0.25, 0.3) is 33.6 Å². The third kappa shape index (κ3) is 5.48. The number of carbonyl (C=O) groups excluding carboxylic acids is 1. The number of morpholine rings is 1. The van der Waals surface area contributed by atoms with Crippen molar-refractivity contribution in [3.05, 3.63) is 61.4 Å². The molecule has 39 heavy (non-hydrogen) atoms. The number of hydrogen-bond acceptors (Lipinski definition) is 7. The lowest BCUT2D eigenvalue weighted by atomic mass is 9.85. The maximum Gasteiger partial charge on any atom is 0.225 e. The van der Waals surface area contributed by atoms with Gasteiger partial charge >= 0.3 is 0 Å². The minimum absolute atomic E-state index is 0.0336. The number of nitrogens with zero attached hydrogens (tertiary/aromatic N) is 7. The Morgan fingerprint density at radius 3 is 2.44 bits per heavy atom. The molecule has 1 aromatic carbocycles. The van der Waals surface area contributed by atoms with Crippen molar-refractivity contribution in [3.63, 3.8) is 0 Å². The molecule has 0 radical (unpaired) electrons. The predicted molar refractivity (Wildman–Crippen MR) is 145 cm³/mol. The van der Waals surface area contributed by atoms with Crippen LogP contribution >= 0.6 is 0 Å². The zero-order valence-electron chi connectivity index (χ0n) is 22.1. The van der Waals surface area contributed by atoms with E-state index in [1.807, 2.05) is 59.7 Å². The number of benzene rings is 1. The third-order valence-corrected chi connectivity index (χ3v) is 7.82. The smallest absolute Gasteiger partial charge is 0.225 e. The molecule has 0 bridgehead atoms. The highest BCUT2D eigenvalue weighted by atomic mass is 16.5. The number of carbonyl (C=O) groups is 1. The van der Waals surface area contributed by atoms with Crippen molar-refractivity contribution < 1.29 is 14.6 Å². The quantitative estimate of drug-likeness (QED) is 0.409. The van der Waals surface area contributed by atoms with Gasteiger partial charge in [-0.25, -0.2) is 9.97 Å². The SMILES string of the molecule is Cn1cc(-c2cccc(-c3ncc(-c4cnn(C5CCC(C(=O)N6CCOC(CO)C6)CC5)c4)cn3)c2)cn1. The van der Waals surface area contributed by atoms with Gasteiger partial charge in [0.05, 0.1) is 37.8 Å². The monoisotopic (exact) mass is 527 g/mol. The minimum atomic E-state index is -0.267. The first-order valence-electron chi connectivity index (χ1n) is 13.5. The van der Waals surface area contributed by atoms with E-state index in [4.69, 9.17) is 4.74 Å². The molecule has 4 heterocycles. The largest absolute Gasteiger partial charge is 0.394 e. The average Bonchev–Trinajstić information content (AvgIpc) is 3.67. The van der Waals surface area contributed by atoms with Crippen molar-refractivity contribution >= 4 is 5.91 Å². The Kier molecular flexibility index (Phi) is 7.21. The van der Waals surface area contributed by atoms with Crippen molar-refractivity contribution in [2.75, 3.05) is 26.3 Å². The number of aryl methyl sites for hydroxylation is 1. The lowest BCUT2D eigenvalue weighted by Crippen LogP contribution is -2.49. The molecule has 2 fully saturated rings. The Morgan fingerprint density at radius 1 is 0.949 bits per heavy atom. The van der Waals surface area contributed by atoms with Crippen LogP contribution in [0, 0.1) is 5.92 Å². The second kappa shape index (κ2) is 11.1. The van der Waals surface area contributed by atoms with Gasteiger partial charge in [-0.2, -0.15) is 10.2 Å². The second-order valence-corrected chi connectivity index (χ2v) is 10.5. The van der Waals surface area contributed by atoms with Crippen molar-refractivity contribution in [2.45, 2.75) is 37.8 Å². The minimum Gasteiger partial charge on any atom is -0.394 e. The molecule has 1 aliphatic carbocycles. The molecule has 1 saturated carbocycles. The lowest BCUT2D eigenvalue weighted by Gasteiger charge is -2.36. The van der Waals surface area contributed by atoms with Crippen molar-refractivity contribution in [3.8, 4) is 33.6 Å². The van der Waals surface area contributed by atoms with Crippen LogP contribution in [0.4, 0.5) is 0 Å². The fraction of sp³-hybridized carbons (Fsp3) is 0.414. The van der Waals surface area contributed by atoms with E-state index in [1.165, 1.54) is 0 Å². The molecule has 0 spiro atoms. The highest BCUT2D eigenvalue weighted by Crippen LogP contribution is 2.34. The zero-order chi connectivity index (χ0) is 26.8. The summed E-state index contributed by atoms with van der Waals surface area (Å²) in [6.45, 7) is 1.53. The van der Waals surface area contributed by atoms with Crippen LogP contribution in [0.1, 0.15) is 31.7 Å². The van der Waals surface area contributed by atoms with E-state index in [1.54, 1.807) is 4.68 Å². The summed E-state index contributed by atoms with van der Waals surface area (Å²) in [5.74, 6) is 0.899. The third-order valence-electron chi connectivity index (χ3n) is 7.82. The van der Waals surface area contributed by atoms with E-state index in [0.717, 1.165) is 53.5 Å². The number of aliphatic hydroxyl groups excluding tert-OH is 1. The summed E-state index contributed by atoms with van der Waals surface area (Å²) in [5, 5.41) is 18.3.